The highest BCUT2D eigenvalue weighted by atomic mass is 16.5. The van der Waals surface area contributed by atoms with Gasteiger partial charge in [0.05, 0.1) is 7.11 Å². The molecule has 0 spiro atoms. The lowest BCUT2D eigenvalue weighted by molar-refractivity contribution is -0.139. The first-order valence-corrected chi connectivity index (χ1v) is 11.5. The number of alkyl carbamates (subject to hydrolysis) is 1. The van der Waals surface area contributed by atoms with Crippen LogP contribution in [0.2, 0.25) is 0 Å². The molecule has 0 fully saturated rings. The molecule has 0 bridgehead atoms. The number of carbonyl (C=O) groups excluding carboxylic acids is 1. The maximum atomic E-state index is 12.7. The number of ether oxygens (including phenoxy) is 2. The summed E-state index contributed by atoms with van der Waals surface area (Å²) in [4.78, 5) is 24.8. The Morgan fingerprint density at radius 3 is 2.17 bits per heavy atom. The third kappa shape index (κ3) is 4.30. The van der Waals surface area contributed by atoms with Crippen LogP contribution in [0.15, 0.2) is 84.9 Å². The monoisotopic (exact) mass is 467 g/mol. The van der Waals surface area contributed by atoms with E-state index in [0.29, 0.717) is 5.75 Å². The van der Waals surface area contributed by atoms with E-state index in [2.05, 4.69) is 17.4 Å². The van der Waals surface area contributed by atoms with Crippen LogP contribution in [-0.2, 0) is 16.0 Å². The summed E-state index contributed by atoms with van der Waals surface area (Å²) in [5.41, 5.74) is 5.16. The zero-order chi connectivity index (χ0) is 24.4. The smallest absolute Gasteiger partial charge is 0.407 e. The van der Waals surface area contributed by atoms with Gasteiger partial charge in [-0.1, -0.05) is 78.9 Å². The van der Waals surface area contributed by atoms with Gasteiger partial charge in [-0.25, -0.2) is 9.59 Å². The topological polar surface area (TPSA) is 84.9 Å². The second-order valence-corrected chi connectivity index (χ2v) is 8.53. The zero-order valence-electron chi connectivity index (χ0n) is 19.2. The van der Waals surface area contributed by atoms with Gasteiger partial charge in [-0.3, -0.25) is 0 Å². The van der Waals surface area contributed by atoms with Crippen LogP contribution in [0.25, 0.3) is 21.9 Å². The number of fused-ring (bicyclic) bond motifs is 4. The molecule has 0 saturated heterocycles. The number of hydrogen-bond acceptors (Lipinski definition) is 4. The summed E-state index contributed by atoms with van der Waals surface area (Å²) in [6.45, 7) is 0.115. The number of carboxylic acids is 1. The standard InChI is InChI=1S/C29H25NO5/c1-34-27-15-14-18-8-2-3-9-19(18)24(27)16-26(28(31)32)30-29(33)35-17-25-22-12-6-4-10-20(22)21-11-5-7-13-23(21)25/h2-15,25-26H,16-17H2,1H3,(H,30,33)(H,31,32). The number of hydrogen-bond donors (Lipinski definition) is 2. The zero-order valence-corrected chi connectivity index (χ0v) is 19.2. The fourth-order valence-electron chi connectivity index (χ4n) is 4.90. The fraction of sp³-hybridized carbons (Fsp3) is 0.172. The van der Waals surface area contributed by atoms with Crippen molar-refractivity contribution >= 4 is 22.8 Å². The van der Waals surface area contributed by atoms with Gasteiger partial charge in [0.15, 0.2) is 0 Å². The highest BCUT2D eigenvalue weighted by Gasteiger charge is 2.30. The first-order chi connectivity index (χ1) is 17.1. The van der Waals surface area contributed by atoms with Crippen LogP contribution in [0, 0.1) is 0 Å². The van der Waals surface area contributed by atoms with Crippen molar-refractivity contribution in [3.63, 3.8) is 0 Å². The minimum Gasteiger partial charge on any atom is -0.496 e. The molecule has 1 atom stereocenters. The highest BCUT2D eigenvalue weighted by molar-refractivity contribution is 5.89. The van der Waals surface area contributed by atoms with Crippen LogP contribution in [0.1, 0.15) is 22.6 Å². The second-order valence-electron chi connectivity index (χ2n) is 8.53. The molecule has 2 N–H and O–H groups in total. The Labute approximate surface area is 203 Å². The molecule has 4 aromatic rings. The third-order valence-electron chi connectivity index (χ3n) is 6.56. The van der Waals surface area contributed by atoms with Gasteiger partial charge in [-0.15, -0.1) is 0 Å². The van der Waals surface area contributed by atoms with E-state index in [-0.39, 0.29) is 18.9 Å². The summed E-state index contributed by atoms with van der Waals surface area (Å²) in [6, 6.07) is 26.3. The molecular weight excluding hydrogens is 442 g/mol. The summed E-state index contributed by atoms with van der Waals surface area (Å²) in [5, 5.41) is 14.2. The minimum absolute atomic E-state index is 0.0596. The number of methoxy groups -OCH3 is 1. The van der Waals surface area contributed by atoms with Crippen LogP contribution >= 0.6 is 0 Å². The molecule has 35 heavy (non-hydrogen) atoms. The molecule has 1 amide bonds. The predicted octanol–water partition coefficient (Wildman–Crippen LogP) is 5.38. The Morgan fingerprint density at radius 1 is 0.886 bits per heavy atom. The molecule has 0 heterocycles. The largest absolute Gasteiger partial charge is 0.496 e. The third-order valence-corrected chi connectivity index (χ3v) is 6.56. The predicted molar refractivity (Wildman–Crippen MR) is 134 cm³/mol. The van der Waals surface area contributed by atoms with E-state index in [4.69, 9.17) is 9.47 Å². The van der Waals surface area contributed by atoms with Gasteiger partial charge in [0.25, 0.3) is 0 Å². The minimum atomic E-state index is -1.18. The lowest BCUT2D eigenvalue weighted by Crippen LogP contribution is -2.43. The molecule has 176 valence electrons. The molecule has 4 aromatic carbocycles. The molecule has 0 aliphatic heterocycles. The average molecular weight is 468 g/mol. The first kappa shape index (κ1) is 22.5. The van der Waals surface area contributed by atoms with E-state index in [0.717, 1.165) is 38.6 Å². The number of carboxylic acid groups (broad SMARTS) is 1. The number of carbonyl (C=O) groups is 2. The quantitative estimate of drug-likeness (QED) is 0.381. The molecule has 1 unspecified atom stereocenters. The van der Waals surface area contributed by atoms with E-state index in [1.807, 2.05) is 72.8 Å². The van der Waals surface area contributed by atoms with Crippen molar-refractivity contribution < 1.29 is 24.2 Å². The van der Waals surface area contributed by atoms with Gasteiger partial charge < -0.3 is 19.9 Å². The summed E-state index contributed by atoms with van der Waals surface area (Å²) in [5.74, 6) is -0.674. The van der Waals surface area contributed by atoms with Crippen LogP contribution in [0.5, 0.6) is 5.75 Å². The van der Waals surface area contributed by atoms with Gasteiger partial charge in [0.1, 0.15) is 18.4 Å². The van der Waals surface area contributed by atoms with Crippen molar-refractivity contribution in [2.75, 3.05) is 13.7 Å². The maximum Gasteiger partial charge on any atom is 0.407 e. The Balaban J connectivity index is 1.33. The van der Waals surface area contributed by atoms with E-state index >= 15 is 0 Å². The van der Waals surface area contributed by atoms with E-state index in [9.17, 15) is 14.7 Å². The van der Waals surface area contributed by atoms with Crippen LogP contribution in [-0.4, -0.2) is 36.9 Å². The molecular formula is C29H25NO5. The molecule has 0 radical (unpaired) electrons. The number of benzene rings is 4. The van der Waals surface area contributed by atoms with Crippen molar-refractivity contribution in [2.24, 2.45) is 0 Å². The molecule has 1 aliphatic carbocycles. The first-order valence-electron chi connectivity index (χ1n) is 11.5. The van der Waals surface area contributed by atoms with Crippen molar-refractivity contribution in [1.82, 2.24) is 5.32 Å². The Hall–Kier alpha value is -4.32. The molecule has 5 rings (SSSR count). The lowest BCUT2D eigenvalue weighted by Gasteiger charge is -2.19. The van der Waals surface area contributed by atoms with Crippen LogP contribution in [0.4, 0.5) is 4.79 Å². The van der Waals surface area contributed by atoms with Crippen molar-refractivity contribution in [3.8, 4) is 16.9 Å². The number of nitrogens with one attached hydrogen (secondary N) is 1. The summed E-state index contributed by atoms with van der Waals surface area (Å²) in [6.07, 6.45) is -0.706. The Bertz CT molecular complexity index is 1370. The Kier molecular flexibility index (Phi) is 6.10. The molecule has 6 heteroatoms. The van der Waals surface area contributed by atoms with Gasteiger partial charge in [-0.05, 0) is 39.1 Å². The normalized spacial score (nSPS) is 13.1. The van der Waals surface area contributed by atoms with Gasteiger partial charge in [0.2, 0.25) is 0 Å². The number of aliphatic carboxylic acids is 1. The Morgan fingerprint density at radius 2 is 1.51 bits per heavy atom. The van der Waals surface area contributed by atoms with Gasteiger partial charge >= 0.3 is 12.1 Å². The van der Waals surface area contributed by atoms with Crippen LogP contribution < -0.4 is 10.1 Å². The molecule has 6 nitrogen and oxygen atoms in total. The van der Waals surface area contributed by atoms with Gasteiger partial charge in [-0.2, -0.15) is 0 Å². The maximum absolute atomic E-state index is 12.7. The van der Waals surface area contributed by atoms with Crippen molar-refractivity contribution in [3.05, 3.63) is 102 Å². The van der Waals surface area contributed by atoms with E-state index in [1.54, 1.807) is 7.11 Å². The van der Waals surface area contributed by atoms with Gasteiger partial charge in [0, 0.05) is 17.9 Å². The number of amides is 1. The average Bonchev–Trinajstić information content (AvgIpc) is 3.20. The van der Waals surface area contributed by atoms with Crippen molar-refractivity contribution in [1.29, 1.82) is 0 Å². The van der Waals surface area contributed by atoms with E-state index in [1.165, 1.54) is 0 Å². The highest BCUT2D eigenvalue weighted by Crippen LogP contribution is 2.44. The molecule has 0 aromatic heterocycles. The number of rotatable bonds is 7. The summed E-state index contributed by atoms with van der Waals surface area (Å²) in [7, 11) is 1.54. The van der Waals surface area contributed by atoms with E-state index < -0.39 is 18.1 Å². The van der Waals surface area contributed by atoms with Crippen LogP contribution in [0.3, 0.4) is 0 Å². The second kappa shape index (κ2) is 9.50. The molecule has 0 saturated carbocycles. The summed E-state index contributed by atoms with van der Waals surface area (Å²) < 4.78 is 11.0. The van der Waals surface area contributed by atoms with Crippen molar-refractivity contribution in [2.45, 2.75) is 18.4 Å². The SMILES string of the molecule is COc1ccc2ccccc2c1CC(NC(=O)OCC1c2ccccc2-c2ccccc21)C(=O)O. The lowest BCUT2D eigenvalue weighted by atomic mass is 9.97. The summed E-state index contributed by atoms with van der Waals surface area (Å²) >= 11 is 0. The molecule has 1 aliphatic rings. The fourth-order valence-corrected chi connectivity index (χ4v) is 4.90.